The van der Waals surface area contributed by atoms with Gasteiger partial charge in [-0.1, -0.05) is 39.2 Å². The molecule has 5 nitrogen and oxygen atoms in total. The van der Waals surface area contributed by atoms with E-state index in [1.165, 1.54) is 0 Å². The normalized spacial score (nSPS) is 10.5. The van der Waals surface area contributed by atoms with Crippen LogP contribution < -0.4 is 10.5 Å². The molecule has 0 atom stereocenters. The number of ether oxygens (including phenoxy) is 1. The first kappa shape index (κ1) is 13.6. The minimum absolute atomic E-state index is 0.0467. The van der Waals surface area contributed by atoms with Crippen molar-refractivity contribution < 1.29 is 9.15 Å². The Bertz CT molecular complexity index is 758. The molecule has 2 N–H and O–H groups in total. The molecule has 0 saturated heterocycles. The van der Waals surface area contributed by atoms with Crippen LogP contribution >= 0.6 is 15.9 Å². The van der Waals surface area contributed by atoms with Crippen LogP contribution in [0.1, 0.15) is 5.56 Å². The summed E-state index contributed by atoms with van der Waals surface area (Å²) in [4.78, 5) is 0. The van der Waals surface area contributed by atoms with Gasteiger partial charge in [-0.05, 0) is 35.9 Å². The second kappa shape index (κ2) is 5.97. The van der Waals surface area contributed by atoms with Crippen LogP contribution in [0.5, 0.6) is 5.75 Å². The molecule has 3 rings (SSSR count). The van der Waals surface area contributed by atoms with E-state index in [-0.39, 0.29) is 6.01 Å². The highest BCUT2D eigenvalue weighted by atomic mass is 79.9. The number of benzene rings is 2. The molecule has 0 bridgehead atoms. The molecule has 0 saturated carbocycles. The molecule has 6 heteroatoms. The van der Waals surface area contributed by atoms with Gasteiger partial charge in [0.15, 0.2) is 0 Å². The summed E-state index contributed by atoms with van der Waals surface area (Å²) in [6.07, 6.45) is 0. The van der Waals surface area contributed by atoms with Gasteiger partial charge in [0.2, 0.25) is 5.89 Å². The van der Waals surface area contributed by atoms with Crippen molar-refractivity contribution in [1.29, 1.82) is 0 Å². The Morgan fingerprint density at radius 1 is 1.10 bits per heavy atom. The fraction of sp³-hybridized carbons (Fsp3) is 0.0667. The maximum atomic E-state index is 5.77. The van der Waals surface area contributed by atoms with Crippen molar-refractivity contribution in [2.24, 2.45) is 0 Å². The monoisotopic (exact) mass is 345 g/mol. The van der Waals surface area contributed by atoms with Gasteiger partial charge in [0.25, 0.3) is 0 Å². The van der Waals surface area contributed by atoms with Crippen molar-refractivity contribution in [3.05, 3.63) is 58.6 Å². The van der Waals surface area contributed by atoms with Crippen LogP contribution in [0.15, 0.2) is 57.4 Å². The summed E-state index contributed by atoms with van der Waals surface area (Å²) in [5.74, 6) is 1.10. The lowest BCUT2D eigenvalue weighted by molar-refractivity contribution is 0.306. The number of aromatic nitrogens is 2. The number of halogens is 1. The number of nitrogens with two attached hydrogens (primary N) is 1. The van der Waals surface area contributed by atoms with E-state index in [9.17, 15) is 0 Å². The van der Waals surface area contributed by atoms with Crippen LogP contribution in [0, 0.1) is 0 Å². The Hall–Kier alpha value is -2.34. The van der Waals surface area contributed by atoms with E-state index in [0.29, 0.717) is 12.5 Å². The van der Waals surface area contributed by atoms with E-state index in [1.54, 1.807) is 0 Å². The van der Waals surface area contributed by atoms with E-state index < -0.39 is 0 Å². The van der Waals surface area contributed by atoms with E-state index in [0.717, 1.165) is 21.3 Å². The molecule has 0 radical (unpaired) electrons. The summed E-state index contributed by atoms with van der Waals surface area (Å²) in [7, 11) is 0. The molecule has 0 aliphatic carbocycles. The molecule has 0 aliphatic heterocycles. The third-order valence-corrected chi connectivity index (χ3v) is 3.31. The molecule has 0 unspecified atom stereocenters. The zero-order valence-corrected chi connectivity index (χ0v) is 12.6. The van der Waals surface area contributed by atoms with Crippen LogP contribution in [0.2, 0.25) is 0 Å². The minimum atomic E-state index is 0.0467. The smallest absolute Gasteiger partial charge is 0.313 e. The quantitative estimate of drug-likeness (QED) is 0.780. The molecule has 0 spiro atoms. The van der Waals surface area contributed by atoms with E-state index in [2.05, 4.69) is 26.1 Å². The largest absolute Gasteiger partial charge is 0.489 e. The summed E-state index contributed by atoms with van der Waals surface area (Å²) in [5, 5.41) is 7.49. The summed E-state index contributed by atoms with van der Waals surface area (Å²) >= 11 is 3.44. The second-order valence-electron chi connectivity index (χ2n) is 4.39. The minimum Gasteiger partial charge on any atom is -0.489 e. The van der Waals surface area contributed by atoms with Crippen molar-refractivity contribution in [2.75, 3.05) is 5.73 Å². The van der Waals surface area contributed by atoms with Crippen molar-refractivity contribution >= 4 is 21.9 Å². The molecule has 1 heterocycles. The van der Waals surface area contributed by atoms with Crippen molar-refractivity contribution in [3.8, 4) is 17.2 Å². The Balaban J connectivity index is 1.74. The Morgan fingerprint density at radius 3 is 2.71 bits per heavy atom. The van der Waals surface area contributed by atoms with Gasteiger partial charge < -0.3 is 14.9 Å². The van der Waals surface area contributed by atoms with Crippen LogP contribution in [0.25, 0.3) is 11.5 Å². The molecule has 0 aliphatic rings. The second-order valence-corrected chi connectivity index (χ2v) is 5.31. The fourth-order valence-electron chi connectivity index (χ4n) is 1.86. The number of hydrogen-bond acceptors (Lipinski definition) is 5. The predicted octanol–water partition coefficient (Wildman–Crippen LogP) is 3.66. The first-order chi connectivity index (χ1) is 10.2. The summed E-state index contributed by atoms with van der Waals surface area (Å²) < 4.78 is 12.0. The fourth-order valence-corrected chi connectivity index (χ4v) is 2.31. The summed E-state index contributed by atoms with van der Waals surface area (Å²) in [5.41, 5.74) is 7.28. The molecule has 2 aromatic carbocycles. The van der Waals surface area contributed by atoms with Crippen molar-refractivity contribution in [2.45, 2.75) is 6.61 Å². The van der Waals surface area contributed by atoms with Crippen molar-refractivity contribution in [1.82, 2.24) is 10.2 Å². The van der Waals surface area contributed by atoms with Gasteiger partial charge in [-0.2, -0.15) is 0 Å². The van der Waals surface area contributed by atoms with Crippen molar-refractivity contribution in [3.63, 3.8) is 0 Å². The third kappa shape index (κ3) is 3.41. The van der Waals surface area contributed by atoms with Gasteiger partial charge in [0.1, 0.15) is 12.4 Å². The van der Waals surface area contributed by atoms with Gasteiger partial charge in [-0.3, -0.25) is 0 Å². The molecular formula is C15H12BrN3O2. The van der Waals surface area contributed by atoms with Gasteiger partial charge in [-0.25, -0.2) is 0 Å². The van der Waals surface area contributed by atoms with Gasteiger partial charge in [-0.15, -0.1) is 5.10 Å². The van der Waals surface area contributed by atoms with Crippen LogP contribution in [0.4, 0.5) is 6.01 Å². The number of nitrogen functional groups attached to an aromatic ring is 1. The third-order valence-electron chi connectivity index (χ3n) is 2.82. The average Bonchev–Trinajstić information content (AvgIpc) is 2.92. The maximum Gasteiger partial charge on any atom is 0.313 e. The Morgan fingerprint density at radius 2 is 1.95 bits per heavy atom. The molecule has 1 aromatic heterocycles. The Kier molecular flexibility index (Phi) is 3.87. The lowest BCUT2D eigenvalue weighted by Gasteiger charge is -2.07. The number of nitrogens with zero attached hydrogens (tertiary/aromatic N) is 2. The SMILES string of the molecule is Nc1nnc(-c2cccc(OCc3cccc(Br)c3)c2)o1. The zero-order chi connectivity index (χ0) is 14.7. The number of hydrogen-bond donors (Lipinski definition) is 1. The molecule has 106 valence electrons. The predicted molar refractivity (Wildman–Crippen MR) is 82.6 cm³/mol. The van der Waals surface area contributed by atoms with Gasteiger partial charge >= 0.3 is 6.01 Å². The van der Waals surface area contributed by atoms with Gasteiger partial charge in [0.05, 0.1) is 0 Å². The number of rotatable bonds is 4. The highest BCUT2D eigenvalue weighted by Crippen LogP contribution is 2.24. The van der Waals surface area contributed by atoms with Gasteiger partial charge in [0, 0.05) is 10.0 Å². The highest BCUT2D eigenvalue weighted by Gasteiger charge is 2.07. The zero-order valence-electron chi connectivity index (χ0n) is 11.0. The first-order valence-corrected chi connectivity index (χ1v) is 7.07. The maximum absolute atomic E-state index is 5.77. The first-order valence-electron chi connectivity index (χ1n) is 6.27. The van der Waals surface area contributed by atoms with Crippen LogP contribution in [0.3, 0.4) is 0 Å². The van der Waals surface area contributed by atoms with E-state index >= 15 is 0 Å². The summed E-state index contributed by atoms with van der Waals surface area (Å²) in [6, 6.07) is 15.5. The molecule has 0 fully saturated rings. The van der Waals surface area contributed by atoms with E-state index in [1.807, 2.05) is 48.5 Å². The summed E-state index contributed by atoms with van der Waals surface area (Å²) in [6.45, 7) is 0.481. The Labute approximate surface area is 129 Å². The van der Waals surface area contributed by atoms with E-state index in [4.69, 9.17) is 14.9 Å². The standard InChI is InChI=1S/C15H12BrN3O2/c16-12-5-1-3-10(7-12)9-20-13-6-2-4-11(8-13)14-18-19-15(17)21-14/h1-8H,9H2,(H2,17,19). The topological polar surface area (TPSA) is 74.2 Å². The average molecular weight is 346 g/mol. The molecule has 21 heavy (non-hydrogen) atoms. The lowest BCUT2D eigenvalue weighted by atomic mass is 10.2. The molecular weight excluding hydrogens is 334 g/mol. The van der Waals surface area contributed by atoms with Crippen LogP contribution in [-0.4, -0.2) is 10.2 Å². The molecule has 3 aromatic rings. The lowest BCUT2D eigenvalue weighted by Crippen LogP contribution is -1.95. The van der Waals surface area contributed by atoms with Crippen LogP contribution in [-0.2, 0) is 6.61 Å². The number of anilines is 1. The molecule has 0 amide bonds. The highest BCUT2D eigenvalue weighted by molar-refractivity contribution is 9.10.